The van der Waals surface area contributed by atoms with Crippen molar-refractivity contribution in [2.75, 3.05) is 6.26 Å². The molecule has 0 saturated carbocycles. The largest absolute Gasteiger partial charge is 0.151 e. The molecule has 2 heteroatoms. The number of hydrogen-bond acceptors (Lipinski definition) is 2. The molecule has 0 fully saturated rings. The Hall–Kier alpha value is -1.12. The van der Waals surface area contributed by atoms with Crippen LogP contribution in [0.3, 0.4) is 0 Å². The van der Waals surface area contributed by atoms with Gasteiger partial charge in [-0.1, -0.05) is 80.3 Å². The summed E-state index contributed by atoms with van der Waals surface area (Å²) >= 11 is 7.39. The van der Waals surface area contributed by atoms with Gasteiger partial charge in [0.15, 0.2) is 0 Å². The van der Waals surface area contributed by atoms with Crippen molar-refractivity contribution in [1.29, 1.82) is 0 Å². The Kier molecular flexibility index (Phi) is 6.10. The van der Waals surface area contributed by atoms with Crippen molar-refractivity contribution in [1.82, 2.24) is 0 Å². The lowest BCUT2D eigenvalue weighted by Gasteiger charge is -2.16. The molecule has 0 aliphatic heterocycles. The molecule has 2 aromatic carbocycles. The quantitative estimate of drug-likeness (QED) is 0.559. The zero-order chi connectivity index (χ0) is 12.1. The van der Waals surface area contributed by atoms with Gasteiger partial charge in [-0.2, -0.15) is 11.8 Å². The predicted octanol–water partition coefficient (Wildman–Crippen LogP) is 5.15. The number of rotatable bonds is 4. The van der Waals surface area contributed by atoms with Gasteiger partial charge in [0, 0.05) is 4.86 Å². The zero-order valence-corrected chi connectivity index (χ0v) is 11.3. The number of thioether (sulfide) groups is 1. The van der Waals surface area contributed by atoms with Crippen LogP contribution in [0.2, 0.25) is 0 Å². The molecular formula is C16H18S2. The lowest BCUT2D eigenvalue weighted by atomic mass is 10.0. The SMILES string of the molecule is C.CSC(C(=S)c1ccccc1)c1ccccc1. The van der Waals surface area contributed by atoms with Gasteiger partial charge in [0.25, 0.3) is 0 Å². The first kappa shape index (κ1) is 14.9. The highest BCUT2D eigenvalue weighted by Crippen LogP contribution is 2.30. The maximum Gasteiger partial charge on any atom is 0.0651 e. The fraction of sp³-hybridized carbons (Fsp3) is 0.188. The summed E-state index contributed by atoms with van der Waals surface area (Å²) in [5.74, 6) is 0. The summed E-state index contributed by atoms with van der Waals surface area (Å²) < 4.78 is 0. The average molecular weight is 274 g/mol. The van der Waals surface area contributed by atoms with E-state index in [4.69, 9.17) is 12.2 Å². The van der Waals surface area contributed by atoms with Crippen LogP contribution in [0.4, 0.5) is 0 Å². The summed E-state index contributed by atoms with van der Waals surface area (Å²) in [6, 6.07) is 20.7. The van der Waals surface area contributed by atoms with Gasteiger partial charge >= 0.3 is 0 Å². The summed E-state index contributed by atoms with van der Waals surface area (Å²) in [7, 11) is 0. The van der Waals surface area contributed by atoms with Crippen molar-refractivity contribution in [3.63, 3.8) is 0 Å². The van der Waals surface area contributed by atoms with Gasteiger partial charge < -0.3 is 0 Å². The van der Waals surface area contributed by atoms with Crippen LogP contribution in [0.1, 0.15) is 23.8 Å². The Labute approximate surface area is 119 Å². The smallest absolute Gasteiger partial charge is 0.0651 e. The van der Waals surface area contributed by atoms with E-state index in [1.54, 1.807) is 11.8 Å². The van der Waals surface area contributed by atoms with Crippen LogP contribution in [0.15, 0.2) is 60.7 Å². The number of benzene rings is 2. The van der Waals surface area contributed by atoms with E-state index in [1.807, 2.05) is 24.3 Å². The topological polar surface area (TPSA) is 0 Å². The summed E-state index contributed by atoms with van der Waals surface area (Å²) in [5, 5.41) is 0.258. The van der Waals surface area contributed by atoms with E-state index in [1.165, 1.54) is 5.56 Å². The van der Waals surface area contributed by atoms with Gasteiger partial charge in [0.05, 0.1) is 5.25 Å². The van der Waals surface area contributed by atoms with Gasteiger partial charge in [-0.15, -0.1) is 0 Å². The molecular weight excluding hydrogens is 256 g/mol. The molecule has 0 radical (unpaired) electrons. The average Bonchev–Trinajstić information content (AvgIpc) is 2.42. The Morgan fingerprint density at radius 2 is 1.44 bits per heavy atom. The first-order valence-corrected chi connectivity index (χ1v) is 7.19. The lowest BCUT2D eigenvalue weighted by Crippen LogP contribution is -2.07. The molecule has 1 atom stereocenters. The molecule has 2 aromatic rings. The molecule has 0 aliphatic carbocycles. The minimum Gasteiger partial charge on any atom is -0.151 e. The second kappa shape index (κ2) is 7.34. The van der Waals surface area contributed by atoms with E-state index in [-0.39, 0.29) is 12.7 Å². The molecule has 94 valence electrons. The first-order chi connectivity index (χ1) is 8.33. The van der Waals surface area contributed by atoms with Gasteiger partial charge in [-0.05, 0) is 17.4 Å². The van der Waals surface area contributed by atoms with E-state index in [2.05, 4.69) is 42.7 Å². The van der Waals surface area contributed by atoms with E-state index >= 15 is 0 Å². The fourth-order valence-corrected chi connectivity index (χ4v) is 3.12. The van der Waals surface area contributed by atoms with E-state index < -0.39 is 0 Å². The molecule has 0 N–H and O–H groups in total. The predicted molar refractivity (Wildman–Crippen MR) is 87.6 cm³/mol. The maximum absolute atomic E-state index is 5.60. The summed E-state index contributed by atoms with van der Waals surface area (Å²) in [6.45, 7) is 0. The Morgan fingerprint density at radius 3 is 1.94 bits per heavy atom. The highest BCUT2D eigenvalue weighted by atomic mass is 32.2. The molecule has 0 bridgehead atoms. The molecule has 18 heavy (non-hydrogen) atoms. The van der Waals surface area contributed by atoms with Crippen LogP contribution >= 0.6 is 24.0 Å². The molecule has 0 aromatic heterocycles. The van der Waals surface area contributed by atoms with Gasteiger partial charge in [-0.25, -0.2) is 0 Å². The molecule has 0 saturated heterocycles. The summed E-state index contributed by atoms with van der Waals surface area (Å²) in [6.07, 6.45) is 2.10. The van der Waals surface area contributed by atoms with Gasteiger partial charge in [0.1, 0.15) is 0 Å². The molecule has 0 nitrogen and oxygen atoms in total. The molecule has 0 spiro atoms. The first-order valence-electron chi connectivity index (χ1n) is 5.50. The van der Waals surface area contributed by atoms with E-state index in [0.29, 0.717) is 0 Å². The number of thiocarbonyl (C=S) groups is 1. The molecule has 1 unspecified atom stereocenters. The molecule has 0 heterocycles. The van der Waals surface area contributed by atoms with E-state index in [9.17, 15) is 0 Å². The minimum atomic E-state index is 0. The third kappa shape index (κ3) is 3.44. The third-order valence-corrected chi connectivity index (χ3v) is 4.23. The van der Waals surface area contributed by atoms with E-state index in [0.717, 1.165) is 10.4 Å². The van der Waals surface area contributed by atoms with Gasteiger partial charge in [-0.3, -0.25) is 0 Å². The fourth-order valence-electron chi connectivity index (χ4n) is 1.78. The lowest BCUT2D eigenvalue weighted by molar-refractivity contribution is 1.31. The van der Waals surface area contributed by atoms with Crippen LogP contribution in [-0.2, 0) is 0 Å². The Balaban J connectivity index is 0.00000162. The zero-order valence-electron chi connectivity index (χ0n) is 9.67. The third-order valence-electron chi connectivity index (χ3n) is 2.63. The second-order valence-electron chi connectivity index (χ2n) is 3.76. The molecule has 0 amide bonds. The minimum absolute atomic E-state index is 0. The van der Waals surface area contributed by atoms with Crippen LogP contribution in [0.5, 0.6) is 0 Å². The Morgan fingerprint density at radius 1 is 0.944 bits per heavy atom. The Bertz CT molecular complexity index is 477. The highest BCUT2D eigenvalue weighted by Gasteiger charge is 2.16. The van der Waals surface area contributed by atoms with Crippen molar-refractivity contribution in [2.45, 2.75) is 12.7 Å². The summed E-state index contributed by atoms with van der Waals surface area (Å²) in [4.78, 5) is 1.00. The summed E-state index contributed by atoms with van der Waals surface area (Å²) in [5.41, 5.74) is 2.42. The second-order valence-corrected chi connectivity index (χ2v) is 5.14. The monoisotopic (exact) mass is 274 g/mol. The highest BCUT2D eigenvalue weighted by molar-refractivity contribution is 8.00. The van der Waals surface area contributed by atoms with Crippen molar-refractivity contribution >= 4 is 28.8 Å². The van der Waals surface area contributed by atoms with Crippen molar-refractivity contribution in [2.24, 2.45) is 0 Å². The van der Waals surface area contributed by atoms with Crippen LogP contribution in [0, 0.1) is 0 Å². The van der Waals surface area contributed by atoms with Crippen molar-refractivity contribution in [3.05, 3.63) is 71.8 Å². The standard InChI is InChI=1S/C15H14S2.CH4/c1-17-15(13-10-6-3-7-11-13)14(16)12-8-4-2-5-9-12;/h2-11,15H,1H3;1H4. The van der Waals surface area contributed by atoms with Crippen LogP contribution in [-0.4, -0.2) is 11.1 Å². The molecule has 0 aliphatic rings. The van der Waals surface area contributed by atoms with Crippen LogP contribution < -0.4 is 0 Å². The van der Waals surface area contributed by atoms with Crippen molar-refractivity contribution < 1.29 is 0 Å². The number of hydrogen-bond donors (Lipinski definition) is 0. The molecule has 2 rings (SSSR count). The van der Waals surface area contributed by atoms with Crippen molar-refractivity contribution in [3.8, 4) is 0 Å². The van der Waals surface area contributed by atoms with Crippen LogP contribution in [0.25, 0.3) is 0 Å². The normalized spacial score (nSPS) is 11.4. The maximum atomic E-state index is 5.60. The van der Waals surface area contributed by atoms with Gasteiger partial charge in [0.2, 0.25) is 0 Å².